The Labute approximate surface area is 171 Å². The first-order chi connectivity index (χ1) is 13.8. The van der Waals surface area contributed by atoms with Crippen molar-refractivity contribution >= 4 is 27.6 Å². The van der Waals surface area contributed by atoms with E-state index in [0.29, 0.717) is 23.3 Å². The fourth-order valence-corrected chi connectivity index (χ4v) is 6.56. The molecule has 2 aliphatic heterocycles. The van der Waals surface area contributed by atoms with Gasteiger partial charge in [-0.25, -0.2) is 4.79 Å². The Bertz CT molecular complexity index is 682. The minimum absolute atomic E-state index is 0.142. The second kappa shape index (κ2) is 8.14. The third kappa shape index (κ3) is 3.85. The maximum atomic E-state index is 12.2. The zero-order chi connectivity index (χ0) is 18.9. The first kappa shape index (κ1) is 18.6. The number of anilines is 2. The van der Waals surface area contributed by atoms with E-state index in [2.05, 4.69) is 30.6 Å². The summed E-state index contributed by atoms with van der Waals surface area (Å²) in [5, 5.41) is 16.1. The molecule has 5 rings (SSSR count). The second-order valence-corrected chi connectivity index (χ2v) is 9.96. The molecule has 1 aromatic rings. The van der Waals surface area contributed by atoms with Gasteiger partial charge in [0, 0.05) is 37.3 Å². The van der Waals surface area contributed by atoms with Gasteiger partial charge in [-0.15, -0.1) is 10.2 Å². The number of carbonyl (C=O) groups excluding carboxylic acids is 1. The number of carbonyl (C=O) groups is 1. The van der Waals surface area contributed by atoms with Crippen LogP contribution in [-0.4, -0.2) is 58.4 Å². The van der Waals surface area contributed by atoms with Crippen LogP contribution >= 0.6 is 11.3 Å². The van der Waals surface area contributed by atoms with Crippen LogP contribution in [0.25, 0.3) is 0 Å². The molecule has 2 aliphatic carbocycles. The quantitative estimate of drug-likeness (QED) is 0.750. The molecule has 0 spiro atoms. The molecule has 0 aromatic carbocycles. The predicted molar refractivity (Wildman–Crippen MR) is 112 cm³/mol. The van der Waals surface area contributed by atoms with E-state index in [4.69, 9.17) is 0 Å². The predicted octanol–water partition coefficient (Wildman–Crippen LogP) is 3.59. The first-order valence-corrected chi connectivity index (χ1v) is 12.0. The molecule has 2 amide bonds. The number of rotatable bonds is 4. The summed E-state index contributed by atoms with van der Waals surface area (Å²) in [7, 11) is 0. The molecular weight excluding hydrogens is 372 g/mol. The summed E-state index contributed by atoms with van der Waals surface area (Å²) in [5.74, 6) is 0. The lowest BCUT2D eigenvalue weighted by Gasteiger charge is -2.38. The van der Waals surface area contributed by atoms with Gasteiger partial charge in [0.15, 0.2) is 0 Å². The summed E-state index contributed by atoms with van der Waals surface area (Å²) in [6.07, 6.45) is 14.2. The molecule has 4 aliphatic rings. The average Bonchev–Trinajstić information content (AvgIpc) is 3.45. The van der Waals surface area contributed by atoms with Crippen LogP contribution in [0.4, 0.5) is 15.1 Å². The van der Waals surface area contributed by atoms with Crippen molar-refractivity contribution in [2.24, 2.45) is 0 Å². The summed E-state index contributed by atoms with van der Waals surface area (Å²) in [6.45, 7) is 2.23. The number of hydrogen-bond donors (Lipinski definition) is 2. The topological polar surface area (TPSA) is 73.4 Å². The van der Waals surface area contributed by atoms with Gasteiger partial charge in [0.2, 0.25) is 10.3 Å². The number of likely N-dealkylation sites (tertiary alicyclic amines) is 1. The van der Waals surface area contributed by atoms with Crippen LogP contribution in [-0.2, 0) is 0 Å². The molecule has 4 fully saturated rings. The monoisotopic (exact) mass is 404 g/mol. The van der Waals surface area contributed by atoms with Gasteiger partial charge in [0.1, 0.15) is 0 Å². The standard InChI is InChI=1S/C20H32N6OS/c27-18(21-14-7-5-6-8-14)22-19-23-24-20(28-19)26-13-16-11-17(26)12-25(16)15-9-3-1-2-4-10-15/h14-17H,1-13H2,(H2,21,22,23,27)/t16-,17-/m1/s1. The zero-order valence-electron chi connectivity index (χ0n) is 16.6. The summed E-state index contributed by atoms with van der Waals surface area (Å²) in [6, 6.07) is 2.19. The van der Waals surface area contributed by atoms with Gasteiger partial charge in [-0.3, -0.25) is 10.2 Å². The Balaban J connectivity index is 1.16. The van der Waals surface area contributed by atoms with Crippen molar-refractivity contribution in [1.29, 1.82) is 0 Å². The molecule has 2 N–H and O–H groups in total. The molecule has 2 atom stereocenters. The molecule has 154 valence electrons. The molecule has 2 bridgehead atoms. The Morgan fingerprint density at radius 3 is 2.36 bits per heavy atom. The number of piperazine rings is 1. The fourth-order valence-electron chi connectivity index (χ4n) is 5.74. The van der Waals surface area contributed by atoms with Crippen LogP contribution in [0, 0.1) is 0 Å². The molecule has 2 saturated carbocycles. The Kier molecular flexibility index (Phi) is 5.41. The maximum absolute atomic E-state index is 12.2. The van der Waals surface area contributed by atoms with E-state index in [-0.39, 0.29) is 6.03 Å². The Morgan fingerprint density at radius 1 is 0.893 bits per heavy atom. The lowest BCUT2D eigenvalue weighted by Crippen LogP contribution is -2.50. The molecule has 0 unspecified atom stereocenters. The largest absolute Gasteiger partial charge is 0.341 e. The highest BCUT2D eigenvalue weighted by Gasteiger charge is 2.46. The van der Waals surface area contributed by atoms with Gasteiger partial charge >= 0.3 is 6.03 Å². The average molecular weight is 405 g/mol. The van der Waals surface area contributed by atoms with E-state index in [1.54, 1.807) is 0 Å². The van der Waals surface area contributed by atoms with Gasteiger partial charge < -0.3 is 10.2 Å². The van der Waals surface area contributed by atoms with E-state index >= 15 is 0 Å². The van der Waals surface area contributed by atoms with E-state index in [1.807, 2.05) is 0 Å². The highest BCUT2D eigenvalue weighted by Crippen LogP contribution is 2.39. The van der Waals surface area contributed by atoms with Crippen molar-refractivity contribution in [3.05, 3.63) is 0 Å². The maximum Gasteiger partial charge on any atom is 0.321 e. The third-order valence-electron chi connectivity index (χ3n) is 7.15. The van der Waals surface area contributed by atoms with Crippen molar-refractivity contribution in [3.63, 3.8) is 0 Å². The van der Waals surface area contributed by atoms with Crippen molar-refractivity contribution < 1.29 is 4.79 Å². The van der Waals surface area contributed by atoms with Crippen molar-refractivity contribution in [2.45, 2.75) is 94.8 Å². The smallest absolute Gasteiger partial charge is 0.321 e. The molecule has 8 heteroatoms. The van der Waals surface area contributed by atoms with E-state index in [9.17, 15) is 4.79 Å². The summed E-state index contributed by atoms with van der Waals surface area (Å²) in [4.78, 5) is 17.4. The fraction of sp³-hybridized carbons (Fsp3) is 0.850. The van der Waals surface area contributed by atoms with Crippen LogP contribution in [0.3, 0.4) is 0 Å². The van der Waals surface area contributed by atoms with Gasteiger partial charge in [0.05, 0.1) is 0 Å². The number of aromatic nitrogens is 2. The molecule has 0 radical (unpaired) electrons. The van der Waals surface area contributed by atoms with Gasteiger partial charge in [-0.2, -0.15) is 0 Å². The van der Waals surface area contributed by atoms with E-state index in [1.165, 1.54) is 75.7 Å². The normalized spacial score (nSPS) is 29.4. The third-order valence-corrected chi connectivity index (χ3v) is 8.02. The molecule has 3 heterocycles. The van der Waals surface area contributed by atoms with Gasteiger partial charge in [-0.05, 0) is 32.1 Å². The molecule has 1 aromatic heterocycles. The van der Waals surface area contributed by atoms with E-state index in [0.717, 1.165) is 30.6 Å². The van der Waals surface area contributed by atoms with Crippen LogP contribution < -0.4 is 15.5 Å². The van der Waals surface area contributed by atoms with Gasteiger partial charge in [0.25, 0.3) is 0 Å². The van der Waals surface area contributed by atoms with Crippen LogP contribution in [0.1, 0.15) is 70.6 Å². The highest BCUT2D eigenvalue weighted by atomic mass is 32.1. The van der Waals surface area contributed by atoms with Crippen molar-refractivity contribution in [3.8, 4) is 0 Å². The lowest BCUT2D eigenvalue weighted by atomic mass is 10.1. The lowest BCUT2D eigenvalue weighted by molar-refractivity contribution is 0.153. The minimum atomic E-state index is -0.142. The number of nitrogens with one attached hydrogen (secondary N) is 2. The number of amides is 2. The van der Waals surface area contributed by atoms with Crippen LogP contribution in [0.5, 0.6) is 0 Å². The summed E-state index contributed by atoms with van der Waals surface area (Å²) < 4.78 is 0. The number of hydrogen-bond acceptors (Lipinski definition) is 6. The highest BCUT2D eigenvalue weighted by molar-refractivity contribution is 7.19. The molecular formula is C20H32N6OS. The SMILES string of the molecule is O=C(Nc1nnc(N2C[C@H]3C[C@@H]2CN3C2CCCCCC2)s1)NC1CCCC1. The zero-order valence-corrected chi connectivity index (χ0v) is 17.4. The van der Waals surface area contributed by atoms with Crippen LogP contribution in [0.15, 0.2) is 0 Å². The molecule has 7 nitrogen and oxygen atoms in total. The molecule has 2 saturated heterocycles. The van der Waals surface area contributed by atoms with Gasteiger partial charge in [-0.1, -0.05) is 49.9 Å². The molecule has 28 heavy (non-hydrogen) atoms. The second-order valence-electron chi connectivity index (χ2n) is 9.01. The Morgan fingerprint density at radius 2 is 1.64 bits per heavy atom. The van der Waals surface area contributed by atoms with Crippen molar-refractivity contribution in [1.82, 2.24) is 20.4 Å². The van der Waals surface area contributed by atoms with Crippen molar-refractivity contribution in [2.75, 3.05) is 23.3 Å². The Hall–Kier alpha value is -1.41. The minimum Gasteiger partial charge on any atom is -0.341 e. The number of urea groups is 1. The van der Waals surface area contributed by atoms with Crippen LogP contribution in [0.2, 0.25) is 0 Å². The number of nitrogens with zero attached hydrogens (tertiary/aromatic N) is 4. The summed E-state index contributed by atoms with van der Waals surface area (Å²) in [5.41, 5.74) is 0. The first-order valence-electron chi connectivity index (χ1n) is 11.2. The summed E-state index contributed by atoms with van der Waals surface area (Å²) >= 11 is 1.51. The van der Waals surface area contributed by atoms with E-state index < -0.39 is 0 Å². The number of fused-ring (bicyclic) bond motifs is 2.